The molecule has 0 heterocycles. The van der Waals surface area contributed by atoms with Gasteiger partial charge in [-0.25, -0.2) is 0 Å². The molecule has 0 unspecified atom stereocenters. The van der Waals surface area contributed by atoms with Crippen LogP contribution in [0.25, 0.3) is 0 Å². The Morgan fingerprint density at radius 2 is 2.06 bits per heavy atom. The van der Waals surface area contributed by atoms with Crippen molar-refractivity contribution >= 4 is 5.91 Å². The summed E-state index contributed by atoms with van der Waals surface area (Å²) in [5, 5.41) is 6.00. The minimum absolute atomic E-state index is 0.0477. The molecular weight excluding hydrogens is 224 g/mol. The van der Waals surface area contributed by atoms with E-state index in [2.05, 4.69) is 55.7 Å². The van der Waals surface area contributed by atoms with Crippen LogP contribution in [-0.2, 0) is 10.2 Å². The van der Waals surface area contributed by atoms with E-state index in [1.54, 1.807) is 0 Å². The Kier molecular flexibility index (Phi) is 5.35. The lowest BCUT2D eigenvalue weighted by atomic mass is 9.84. The monoisotopic (exact) mass is 248 g/mol. The highest BCUT2D eigenvalue weighted by Gasteiger charge is 2.21. The number of carbonyl (C=O) groups is 1. The maximum atomic E-state index is 11.6. The summed E-state index contributed by atoms with van der Waals surface area (Å²) in [4.78, 5) is 11.6. The van der Waals surface area contributed by atoms with Crippen LogP contribution in [0.2, 0.25) is 0 Å². The second-order valence-corrected chi connectivity index (χ2v) is 5.31. The molecule has 0 aliphatic rings. The van der Waals surface area contributed by atoms with Gasteiger partial charge in [-0.2, -0.15) is 0 Å². The van der Waals surface area contributed by atoms with Crippen molar-refractivity contribution in [2.45, 2.75) is 33.1 Å². The molecule has 1 aromatic carbocycles. The van der Waals surface area contributed by atoms with Gasteiger partial charge in [0.25, 0.3) is 0 Å². The topological polar surface area (TPSA) is 41.1 Å². The minimum Gasteiger partial charge on any atom is -0.354 e. The van der Waals surface area contributed by atoms with Crippen molar-refractivity contribution in [3.8, 4) is 0 Å². The molecule has 0 atom stereocenters. The predicted octanol–water partition coefficient (Wildman–Crippen LogP) is 2.00. The van der Waals surface area contributed by atoms with Gasteiger partial charge in [0.05, 0.1) is 6.54 Å². The van der Waals surface area contributed by atoms with Crippen LogP contribution in [0.4, 0.5) is 0 Å². The van der Waals surface area contributed by atoms with Gasteiger partial charge in [0.15, 0.2) is 0 Å². The summed E-state index contributed by atoms with van der Waals surface area (Å²) in [7, 11) is 0. The van der Waals surface area contributed by atoms with Crippen molar-refractivity contribution in [2.24, 2.45) is 0 Å². The Hall–Kier alpha value is -1.35. The molecule has 0 fully saturated rings. The number of likely N-dealkylation sites (N-methyl/N-ethyl adjacent to an activating group) is 1. The maximum absolute atomic E-state index is 11.6. The zero-order valence-corrected chi connectivity index (χ0v) is 11.8. The molecule has 1 aromatic rings. The quantitative estimate of drug-likeness (QED) is 0.808. The summed E-state index contributed by atoms with van der Waals surface area (Å²) >= 11 is 0. The molecule has 0 aliphatic carbocycles. The zero-order chi connectivity index (χ0) is 13.6. The maximum Gasteiger partial charge on any atom is 0.233 e. The number of rotatable bonds is 6. The van der Waals surface area contributed by atoms with E-state index in [-0.39, 0.29) is 11.3 Å². The molecule has 0 spiro atoms. The van der Waals surface area contributed by atoms with Gasteiger partial charge in [-0.15, -0.1) is 0 Å². The average Bonchev–Trinajstić information content (AvgIpc) is 2.34. The average molecular weight is 248 g/mol. The second kappa shape index (κ2) is 6.55. The summed E-state index contributed by atoms with van der Waals surface area (Å²) in [6.07, 6.45) is 0. The van der Waals surface area contributed by atoms with Gasteiger partial charge in [0, 0.05) is 12.0 Å². The minimum atomic E-state index is -0.0477. The van der Waals surface area contributed by atoms with Gasteiger partial charge in [-0.05, 0) is 19.0 Å². The zero-order valence-electron chi connectivity index (χ0n) is 11.8. The van der Waals surface area contributed by atoms with Crippen LogP contribution in [-0.4, -0.2) is 25.5 Å². The Bertz CT molecular complexity index is 399. The molecule has 1 amide bonds. The Morgan fingerprint density at radius 3 is 2.67 bits per heavy atom. The lowest BCUT2D eigenvalue weighted by Gasteiger charge is -2.26. The van der Waals surface area contributed by atoms with Gasteiger partial charge in [0.2, 0.25) is 5.91 Å². The summed E-state index contributed by atoms with van der Waals surface area (Å²) in [5.74, 6) is 0.0533. The summed E-state index contributed by atoms with van der Waals surface area (Å²) < 4.78 is 0. The number of benzene rings is 1. The molecule has 100 valence electrons. The molecule has 0 aromatic heterocycles. The van der Waals surface area contributed by atoms with Crippen LogP contribution in [0.3, 0.4) is 0 Å². The first-order chi connectivity index (χ1) is 8.45. The van der Waals surface area contributed by atoms with Crippen LogP contribution in [0, 0.1) is 6.92 Å². The van der Waals surface area contributed by atoms with Crippen molar-refractivity contribution in [3.63, 3.8) is 0 Å². The van der Waals surface area contributed by atoms with E-state index in [1.807, 2.05) is 6.92 Å². The molecule has 2 N–H and O–H groups in total. The van der Waals surface area contributed by atoms with E-state index < -0.39 is 0 Å². The van der Waals surface area contributed by atoms with Gasteiger partial charge in [-0.3, -0.25) is 4.79 Å². The van der Waals surface area contributed by atoms with Crippen LogP contribution in [0.5, 0.6) is 0 Å². The first-order valence-electron chi connectivity index (χ1n) is 6.50. The highest BCUT2D eigenvalue weighted by molar-refractivity contribution is 5.78. The van der Waals surface area contributed by atoms with Gasteiger partial charge in [-0.1, -0.05) is 50.6 Å². The summed E-state index contributed by atoms with van der Waals surface area (Å²) in [6, 6.07) is 8.44. The molecule has 3 nitrogen and oxygen atoms in total. The number of hydrogen-bond acceptors (Lipinski definition) is 2. The van der Waals surface area contributed by atoms with E-state index in [4.69, 9.17) is 0 Å². The number of aryl methyl sites for hydroxylation is 1. The normalized spacial score (nSPS) is 11.3. The molecular formula is C15H24N2O. The smallest absolute Gasteiger partial charge is 0.233 e. The van der Waals surface area contributed by atoms with Crippen molar-refractivity contribution < 1.29 is 4.79 Å². The third-order valence-corrected chi connectivity index (χ3v) is 3.06. The first-order valence-corrected chi connectivity index (χ1v) is 6.50. The third-order valence-electron chi connectivity index (χ3n) is 3.06. The highest BCUT2D eigenvalue weighted by atomic mass is 16.1. The van der Waals surface area contributed by atoms with Crippen LogP contribution in [0.15, 0.2) is 24.3 Å². The highest BCUT2D eigenvalue weighted by Crippen LogP contribution is 2.22. The van der Waals surface area contributed by atoms with Crippen LogP contribution in [0.1, 0.15) is 31.9 Å². The van der Waals surface area contributed by atoms with E-state index >= 15 is 0 Å². The third kappa shape index (κ3) is 4.49. The molecule has 3 heteroatoms. The molecule has 0 saturated heterocycles. The van der Waals surface area contributed by atoms with Gasteiger partial charge < -0.3 is 10.6 Å². The van der Waals surface area contributed by atoms with Gasteiger partial charge >= 0.3 is 0 Å². The Labute approximate surface area is 110 Å². The van der Waals surface area contributed by atoms with Crippen molar-refractivity contribution in [1.29, 1.82) is 0 Å². The van der Waals surface area contributed by atoms with Crippen molar-refractivity contribution in [3.05, 3.63) is 35.4 Å². The fraction of sp³-hybridized carbons (Fsp3) is 0.533. The Balaban J connectivity index is 2.57. The molecule has 1 rings (SSSR count). The largest absolute Gasteiger partial charge is 0.354 e. The fourth-order valence-corrected chi connectivity index (χ4v) is 1.79. The lowest BCUT2D eigenvalue weighted by Crippen LogP contribution is -2.40. The molecule has 0 bridgehead atoms. The first kappa shape index (κ1) is 14.7. The van der Waals surface area contributed by atoms with Crippen LogP contribution < -0.4 is 10.6 Å². The second-order valence-electron chi connectivity index (χ2n) is 5.31. The molecule has 0 aliphatic heterocycles. The standard InChI is InChI=1S/C15H24N2O/c1-5-16-10-14(18)17-11-15(3,4)13-8-6-7-12(2)9-13/h6-9,16H,5,10-11H2,1-4H3,(H,17,18). The fourth-order valence-electron chi connectivity index (χ4n) is 1.79. The van der Waals surface area contributed by atoms with E-state index in [1.165, 1.54) is 11.1 Å². The summed E-state index contributed by atoms with van der Waals surface area (Å²) in [6.45, 7) is 10.2. The SMILES string of the molecule is CCNCC(=O)NCC(C)(C)c1cccc(C)c1. The number of amides is 1. The number of carbonyl (C=O) groups excluding carboxylic acids is 1. The predicted molar refractivity (Wildman–Crippen MR) is 75.8 cm³/mol. The number of nitrogens with one attached hydrogen (secondary N) is 2. The molecule has 18 heavy (non-hydrogen) atoms. The van der Waals surface area contributed by atoms with Crippen molar-refractivity contribution in [1.82, 2.24) is 10.6 Å². The number of hydrogen-bond donors (Lipinski definition) is 2. The van der Waals surface area contributed by atoms with E-state index in [9.17, 15) is 4.79 Å². The van der Waals surface area contributed by atoms with Crippen LogP contribution >= 0.6 is 0 Å². The van der Waals surface area contributed by atoms with E-state index in [0.717, 1.165) is 6.54 Å². The Morgan fingerprint density at radius 1 is 1.33 bits per heavy atom. The molecule has 0 radical (unpaired) electrons. The lowest BCUT2D eigenvalue weighted by molar-refractivity contribution is -0.120. The van der Waals surface area contributed by atoms with Gasteiger partial charge in [0.1, 0.15) is 0 Å². The molecule has 0 saturated carbocycles. The van der Waals surface area contributed by atoms with Crippen molar-refractivity contribution in [2.75, 3.05) is 19.6 Å². The van der Waals surface area contributed by atoms with E-state index in [0.29, 0.717) is 13.1 Å². The summed E-state index contributed by atoms with van der Waals surface area (Å²) in [5.41, 5.74) is 2.46.